The number of carbonyl (C=O) groups is 4. The van der Waals surface area contributed by atoms with Gasteiger partial charge in [0.15, 0.2) is 12.2 Å². The average Bonchev–Trinajstić information content (AvgIpc) is 0.962. The fourth-order valence-corrected chi connectivity index (χ4v) is 12.2. The predicted octanol–water partition coefficient (Wildman–Crippen LogP) is 23.0. The smallest absolute Gasteiger partial charge is 0.462 e. The average molecular weight is 1450 g/mol. The Morgan fingerprint density at radius 1 is 0.280 bits per heavy atom. The number of unbranched alkanes of at least 4 members (excludes halogenated alkanes) is 35. The van der Waals surface area contributed by atoms with Crippen molar-refractivity contribution in [2.75, 3.05) is 39.6 Å². The summed E-state index contributed by atoms with van der Waals surface area (Å²) in [5, 5.41) is 10.6. The van der Waals surface area contributed by atoms with Crippen LogP contribution < -0.4 is 0 Å². The summed E-state index contributed by atoms with van der Waals surface area (Å²) in [5.41, 5.74) is 0. The van der Waals surface area contributed by atoms with E-state index in [2.05, 4.69) is 101 Å². The lowest BCUT2D eigenvalue weighted by Crippen LogP contribution is -2.30. The monoisotopic (exact) mass is 1450 g/mol. The Kier molecular flexibility index (Phi) is 70.8. The van der Waals surface area contributed by atoms with Crippen molar-refractivity contribution in [1.29, 1.82) is 0 Å². The summed E-state index contributed by atoms with van der Waals surface area (Å²) in [6.45, 7) is 4.77. The fraction of sp³-hybridized carbons (Fsp3) is 0.778. The second kappa shape index (κ2) is 73.5. The molecule has 17 nitrogen and oxygen atoms in total. The van der Waals surface area contributed by atoms with Gasteiger partial charge < -0.3 is 33.8 Å². The molecule has 0 spiro atoms. The van der Waals surface area contributed by atoms with Gasteiger partial charge in [-0.1, -0.05) is 267 Å². The van der Waals surface area contributed by atoms with E-state index < -0.39 is 97.5 Å². The summed E-state index contributed by atoms with van der Waals surface area (Å²) in [5.74, 6) is -2.25. The number of hydrogen-bond acceptors (Lipinski definition) is 15. The Bertz CT molecular complexity index is 2230. The molecule has 0 saturated carbocycles. The van der Waals surface area contributed by atoms with E-state index in [0.717, 1.165) is 141 Å². The van der Waals surface area contributed by atoms with E-state index in [-0.39, 0.29) is 25.7 Å². The Morgan fingerprint density at radius 2 is 0.500 bits per heavy atom. The SMILES string of the molecule is CCCCC/C=C\C/C=C\C/C=C\C/C=C\CCCC(=O)O[C@H](COC(=O)CCCCCCC/C=C\CCCCCCCC)COP(=O)(O)OC[C@H](O)COP(=O)(O)OC[C@@H](COC(=O)CCCCCCC/C=C\CCCCCCCC)OC(=O)CCCCCCC/C=C\CCCCCC. The number of aliphatic hydroxyl groups excluding tert-OH is 1. The third-order valence-electron chi connectivity index (χ3n) is 16.8. The molecular weight excluding hydrogens is 1310 g/mol. The molecule has 0 aliphatic rings. The lowest BCUT2D eigenvalue weighted by Gasteiger charge is -2.21. The van der Waals surface area contributed by atoms with Crippen molar-refractivity contribution < 1.29 is 80.2 Å². The first-order chi connectivity index (χ1) is 48.7. The van der Waals surface area contributed by atoms with Gasteiger partial charge in [-0.2, -0.15) is 0 Å². The highest BCUT2D eigenvalue weighted by atomic mass is 31.2. The van der Waals surface area contributed by atoms with E-state index in [0.29, 0.717) is 32.1 Å². The van der Waals surface area contributed by atoms with Crippen molar-refractivity contribution in [3.8, 4) is 0 Å². The minimum Gasteiger partial charge on any atom is -0.462 e. The molecule has 0 aliphatic carbocycles. The van der Waals surface area contributed by atoms with Crippen LogP contribution in [0.25, 0.3) is 0 Å². The quantitative estimate of drug-likeness (QED) is 0.0169. The number of phosphoric acid groups is 2. The molecule has 3 N–H and O–H groups in total. The number of aliphatic hydroxyl groups is 1. The third-order valence-corrected chi connectivity index (χ3v) is 18.7. The van der Waals surface area contributed by atoms with Gasteiger partial charge in [0.05, 0.1) is 26.4 Å². The summed E-state index contributed by atoms with van der Waals surface area (Å²) in [6.07, 6.45) is 75.7. The van der Waals surface area contributed by atoms with E-state index in [4.69, 9.17) is 37.0 Å². The summed E-state index contributed by atoms with van der Waals surface area (Å²) < 4.78 is 68.5. The van der Waals surface area contributed by atoms with Crippen LogP contribution in [0, 0.1) is 0 Å². The van der Waals surface area contributed by atoms with E-state index in [9.17, 15) is 43.2 Å². The maximum Gasteiger partial charge on any atom is 0.472 e. The zero-order chi connectivity index (χ0) is 73.2. The van der Waals surface area contributed by atoms with Gasteiger partial charge in [0, 0.05) is 25.7 Å². The minimum atomic E-state index is -4.99. The minimum absolute atomic E-state index is 0.0188. The van der Waals surface area contributed by atoms with Crippen molar-refractivity contribution in [2.24, 2.45) is 0 Å². The number of rotatable bonds is 75. The number of carbonyl (C=O) groups excluding carboxylic acids is 4. The topological polar surface area (TPSA) is 237 Å². The van der Waals surface area contributed by atoms with E-state index in [1.165, 1.54) is 122 Å². The molecule has 5 atom stereocenters. The first-order valence-electron chi connectivity index (χ1n) is 39.8. The van der Waals surface area contributed by atoms with Crippen LogP contribution in [0.3, 0.4) is 0 Å². The normalized spacial score (nSPS) is 14.3. The molecule has 0 fully saturated rings. The van der Waals surface area contributed by atoms with Crippen LogP contribution in [-0.4, -0.2) is 96.7 Å². The lowest BCUT2D eigenvalue weighted by molar-refractivity contribution is -0.161. The largest absolute Gasteiger partial charge is 0.472 e. The zero-order valence-corrected chi connectivity index (χ0v) is 65.2. The van der Waals surface area contributed by atoms with Gasteiger partial charge in [0.2, 0.25) is 0 Å². The summed E-state index contributed by atoms with van der Waals surface area (Å²) in [6, 6.07) is 0. The highest BCUT2D eigenvalue weighted by molar-refractivity contribution is 7.47. The van der Waals surface area contributed by atoms with Crippen LogP contribution in [0.4, 0.5) is 0 Å². The summed E-state index contributed by atoms with van der Waals surface area (Å²) in [7, 11) is -9.97. The first-order valence-corrected chi connectivity index (χ1v) is 42.8. The molecule has 19 heteroatoms. The lowest BCUT2D eigenvalue weighted by atomic mass is 10.1. The number of phosphoric ester groups is 2. The van der Waals surface area contributed by atoms with Gasteiger partial charge in [0.1, 0.15) is 19.3 Å². The first kappa shape index (κ1) is 96.2. The molecular formula is C81H144O17P2. The third kappa shape index (κ3) is 72.6. The molecule has 0 aromatic rings. The van der Waals surface area contributed by atoms with Crippen molar-refractivity contribution >= 4 is 39.5 Å². The van der Waals surface area contributed by atoms with Crippen LogP contribution in [-0.2, 0) is 65.4 Å². The predicted molar refractivity (Wildman–Crippen MR) is 409 cm³/mol. The molecule has 0 bridgehead atoms. The Labute approximate surface area is 608 Å². The van der Waals surface area contributed by atoms with E-state index in [1.807, 2.05) is 12.2 Å². The van der Waals surface area contributed by atoms with Gasteiger partial charge in [-0.15, -0.1) is 0 Å². The molecule has 0 saturated heterocycles. The van der Waals surface area contributed by atoms with Gasteiger partial charge in [-0.25, -0.2) is 9.13 Å². The van der Waals surface area contributed by atoms with Crippen molar-refractivity contribution in [2.45, 2.75) is 367 Å². The zero-order valence-electron chi connectivity index (χ0n) is 63.4. The fourth-order valence-electron chi connectivity index (χ4n) is 10.7. The van der Waals surface area contributed by atoms with Crippen LogP contribution in [0.2, 0.25) is 0 Å². The second-order valence-electron chi connectivity index (χ2n) is 26.6. The number of ether oxygens (including phenoxy) is 4. The molecule has 580 valence electrons. The molecule has 0 aromatic heterocycles. The highest BCUT2D eigenvalue weighted by Gasteiger charge is 2.30. The van der Waals surface area contributed by atoms with Gasteiger partial charge in [-0.05, 0) is 141 Å². The molecule has 0 heterocycles. The molecule has 0 aromatic carbocycles. The van der Waals surface area contributed by atoms with Gasteiger partial charge in [0.25, 0.3) is 0 Å². The van der Waals surface area contributed by atoms with Crippen molar-refractivity contribution in [3.05, 3.63) is 85.1 Å². The molecule has 2 unspecified atom stereocenters. The van der Waals surface area contributed by atoms with Crippen molar-refractivity contribution in [1.82, 2.24) is 0 Å². The number of esters is 4. The highest BCUT2D eigenvalue weighted by Crippen LogP contribution is 2.45. The van der Waals surface area contributed by atoms with Crippen LogP contribution in [0.5, 0.6) is 0 Å². The van der Waals surface area contributed by atoms with Crippen LogP contribution >= 0.6 is 15.6 Å². The molecule has 0 aliphatic heterocycles. The molecule has 0 amide bonds. The maximum atomic E-state index is 13.1. The van der Waals surface area contributed by atoms with Crippen LogP contribution in [0.15, 0.2) is 85.1 Å². The Hall–Kier alpha value is -3.76. The van der Waals surface area contributed by atoms with Crippen LogP contribution in [0.1, 0.15) is 349 Å². The Balaban J connectivity index is 5.40. The Morgan fingerprint density at radius 3 is 0.830 bits per heavy atom. The standard InChI is InChI=1S/C81H144O17P2/c1-5-9-13-17-21-25-29-33-36-37-40-44-48-52-56-60-64-68-81(86)98-77(72-92-79(84)66-62-58-54-50-46-43-39-35-31-27-23-19-15-11-7-3)74-96-100(89,90)94-70-75(82)69-93-99(87,88)95-73-76(97-80(85)67-63-59-55-51-47-41-32-28-24-20-16-12-8-4)71-91-78(83)65-61-57-53-49-45-42-38-34-30-26-22-18-14-10-6-2/h21,25,28,32-36,38-40,44,52,56,75-77,82H,5-20,22-24,26-27,29-31,37,41-43,45-51,53-55,57-74H2,1-4H3,(H,87,88)(H,89,90)/b25-21-,32-28-,36-33-,38-34-,39-35-,44-40-,56-52-/t75-,76-,77-/m1/s1. The molecule has 0 rings (SSSR count). The van der Waals surface area contributed by atoms with Crippen molar-refractivity contribution in [3.63, 3.8) is 0 Å². The molecule has 0 radical (unpaired) electrons. The summed E-state index contributed by atoms with van der Waals surface area (Å²) >= 11 is 0. The van der Waals surface area contributed by atoms with E-state index in [1.54, 1.807) is 0 Å². The maximum absolute atomic E-state index is 13.1. The second-order valence-corrected chi connectivity index (χ2v) is 29.5. The number of hydrogen-bond donors (Lipinski definition) is 3. The van der Waals surface area contributed by atoms with Gasteiger partial charge >= 0.3 is 39.5 Å². The summed E-state index contributed by atoms with van der Waals surface area (Å²) in [4.78, 5) is 72.9. The van der Waals surface area contributed by atoms with Gasteiger partial charge in [-0.3, -0.25) is 37.3 Å². The van der Waals surface area contributed by atoms with E-state index >= 15 is 0 Å². The molecule has 100 heavy (non-hydrogen) atoms. The number of allylic oxidation sites excluding steroid dienone is 14.